The van der Waals surface area contributed by atoms with Gasteiger partial charge in [-0.3, -0.25) is 0 Å². The number of nitrogens with zero attached hydrogens (tertiary/aromatic N) is 2. The number of fused-ring (bicyclic) bond motifs is 1. The Morgan fingerprint density at radius 2 is 0.886 bits per heavy atom. The quantitative estimate of drug-likeness (QED) is 0.209. The van der Waals surface area contributed by atoms with E-state index in [1.165, 1.54) is 20.5 Å². The molecule has 0 unspecified atom stereocenters. The fourth-order valence-electron chi connectivity index (χ4n) is 3.69. The van der Waals surface area contributed by atoms with Crippen LogP contribution in [0.1, 0.15) is 52.7 Å². The van der Waals surface area contributed by atoms with Crippen LogP contribution in [0.4, 0.5) is 11.4 Å². The standard InChI is InChI=1S/C28H30N2S2.2ClH.Ni/c1-27(2,3)19-13-7-9-15-21(19)29-25-26(32-24-18-12-11-17-23(24)31-25)30-22-16-10-8-14-20(22)28(4,5)6;;;/h7-18H,1-6H3;2*1H;/q;;;+2/p-2. The van der Waals surface area contributed by atoms with E-state index in [1.54, 1.807) is 22.7 Å². The van der Waals surface area contributed by atoms with E-state index in [0.717, 1.165) is 20.7 Å². The molecule has 0 aliphatic heterocycles. The van der Waals surface area contributed by atoms with Crippen LogP contribution in [0.2, 0.25) is 0 Å². The van der Waals surface area contributed by atoms with Gasteiger partial charge >= 0.3 is 33.0 Å². The van der Waals surface area contributed by atoms with E-state index in [0.29, 0.717) is 12.7 Å². The molecule has 1 aromatic heterocycles. The van der Waals surface area contributed by atoms with Gasteiger partial charge in [0.1, 0.15) is 0 Å². The van der Waals surface area contributed by atoms with Crippen LogP contribution in [0.3, 0.4) is 0 Å². The van der Waals surface area contributed by atoms with Crippen LogP contribution >= 0.6 is 43.1 Å². The number of benzene rings is 3. The van der Waals surface area contributed by atoms with Crippen molar-refractivity contribution in [1.82, 2.24) is 0 Å². The Labute approximate surface area is 230 Å². The van der Waals surface area contributed by atoms with Crippen LogP contribution in [0, 0.1) is 0 Å². The van der Waals surface area contributed by atoms with Crippen molar-refractivity contribution in [2.45, 2.75) is 52.4 Å². The van der Waals surface area contributed by atoms with Crippen molar-refractivity contribution in [2.24, 2.45) is 9.98 Å². The van der Waals surface area contributed by atoms with Gasteiger partial charge in [-0.15, -0.1) is 22.7 Å². The summed E-state index contributed by atoms with van der Waals surface area (Å²) in [4.78, 5) is 10.4. The third kappa shape index (κ3) is 7.50. The van der Waals surface area contributed by atoms with Crippen molar-refractivity contribution in [3.63, 3.8) is 0 Å². The third-order valence-electron chi connectivity index (χ3n) is 5.31. The number of halogens is 2. The summed E-state index contributed by atoms with van der Waals surface area (Å²) in [5, 5.41) is 0. The Hall–Kier alpha value is -1.49. The van der Waals surface area contributed by atoms with E-state index < -0.39 is 0 Å². The van der Waals surface area contributed by atoms with Crippen molar-refractivity contribution >= 4 is 63.8 Å². The second-order valence-corrected chi connectivity index (χ2v) is 13.8. The zero-order chi connectivity index (χ0) is 25.6. The molecule has 2 nitrogen and oxygen atoms in total. The number of hydrogen-bond acceptors (Lipinski definition) is 4. The van der Waals surface area contributed by atoms with Gasteiger partial charge in [-0.1, -0.05) is 90.1 Å². The second-order valence-electron chi connectivity index (χ2n) is 10.1. The summed E-state index contributed by atoms with van der Waals surface area (Å²) in [6.07, 6.45) is 0. The SMILES string of the molecule is CC(C)(C)c1ccccc1N=c1sc2ccccc2sc1=Nc1ccccc1C(C)(C)C.[Cl][Ni][Cl]. The minimum absolute atomic E-state index is 0.0151. The molecule has 4 rings (SSSR count). The molecule has 3 aromatic carbocycles. The average molecular weight is 588 g/mol. The van der Waals surface area contributed by atoms with Crippen molar-refractivity contribution in [3.8, 4) is 0 Å². The molecular weight excluding hydrogens is 558 g/mol. The molecule has 0 N–H and O–H groups in total. The minimum atomic E-state index is 0.0151. The van der Waals surface area contributed by atoms with Crippen molar-refractivity contribution in [3.05, 3.63) is 93.3 Å². The van der Waals surface area contributed by atoms with E-state index in [-0.39, 0.29) is 10.8 Å². The predicted octanol–water partition coefficient (Wildman–Crippen LogP) is 9.40. The Bertz CT molecular complexity index is 1320. The topological polar surface area (TPSA) is 24.7 Å². The molecule has 0 amide bonds. The van der Waals surface area contributed by atoms with Crippen LogP contribution in [0.15, 0.2) is 82.8 Å². The van der Waals surface area contributed by atoms with Gasteiger partial charge in [0, 0.05) is 9.40 Å². The van der Waals surface area contributed by atoms with Gasteiger partial charge in [0.2, 0.25) is 0 Å². The van der Waals surface area contributed by atoms with Gasteiger partial charge in [0.25, 0.3) is 0 Å². The molecule has 0 radical (unpaired) electrons. The average Bonchev–Trinajstić information content (AvgIpc) is 2.79. The fourth-order valence-corrected chi connectivity index (χ4v) is 5.79. The number of rotatable bonds is 2. The number of para-hydroxylation sites is 2. The second kappa shape index (κ2) is 12.2. The van der Waals surface area contributed by atoms with Crippen LogP contribution in [-0.4, -0.2) is 0 Å². The van der Waals surface area contributed by atoms with Crippen LogP contribution in [0.25, 0.3) is 9.40 Å². The first kappa shape index (κ1) is 28.1. The number of hydrogen-bond donors (Lipinski definition) is 0. The summed E-state index contributed by atoms with van der Waals surface area (Å²) in [6, 6.07) is 25.4. The molecule has 0 saturated heterocycles. The first-order chi connectivity index (χ1) is 16.5. The molecule has 0 aliphatic carbocycles. The molecule has 0 saturated carbocycles. The normalized spacial score (nSPS) is 13.1. The zero-order valence-corrected chi connectivity index (χ0v) is 24.8. The third-order valence-corrected chi connectivity index (χ3v) is 7.68. The summed E-state index contributed by atoms with van der Waals surface area (Å²) in [6.45, 7) is 13.4. The molecule has 4 aromatic rings. The summed E-state index contributed by atoms with van der Waals surface area (Å²) < 4.78 is 4.36. The van der Waals surface area contributed by atoms with Gasteiger partial charge in [-0.2, -0.15) is 0 Å². The summed E-state index contributed by atoms with van der Waals surface area (Å²) in [7, 11) is 9.40. The molecule has 7 heteroatoms. The van der Waals surface area contributed by atoms with Crippen LogP contribution in [0.5, 0.6) is 0 Å². The monoisotopic (exact) mass is 586 g/mol. The van der Waals surface area contributed by atoms with Crippen molar-refractivity contribution in [2.75, 3.05) is 0 Å². The van der Waals surface area contributed by atoms with Crippen LogP contribution in [-0.2, 0) is 23.5 Å². The Balaban J connectivity index is 0.00000108. The van der Waals surface area contributed by atoms with E-state index in [4.69, 9.17) is 30.4 Å². The molecule has 0 bridgehead atoms. The molecule has 0 fully saturated rings. The van der Waals surface area contributed by atoms with E-state index in [9.17, 15) is 0 Å². The van der Waals surface area contributed by atoms with Gasteiger partial charge in [-0.25, -0.2) is 9.98 Å². The predicted molar refractivity (Wildman–Crippen MR) is 152 cm³/mol. The first-order valence-corrected chi connectivity index (χ1v) is 15.5. The van der Waals surface area contributed by atoms with Crippen molar-refractivity contribution in [1.29, 1.82) is 0 Å². The zero-order valence-electron chi connectivity index (χ0n) is 20.7. The Kier molecular flexibility index (Phi) is 9.77. The van der Waals surface area contributed by atoms with E-state index in [1.807, 2.05) is 0 Å². The van der Waals surface area contributed by atoms with Gasteiger partial charge in [-0.05, 0) is 46.2 Å². The molecule has 0 atom stereocenters. The van der Waals surface area contributed by atoms with Crippen molar-refractivity contribution < 1.29 is 12.7 Å². The molecule has 35 heavy (non-hydrogen) atoms. The maximum absolute atomic E-state index is 5.18. The molecule has 1 heterocycles. The molecule has 188 valence electrons. The Morgan fingerprint density at radius 3 is 1.23 bits per heavy atom. The fraction of sp³-hybridized carbons (Fsp3) is 0.286. The summed E-state index contributed by atoms with van der Waals surface area (Å²) in [5.41, 5.74) is 4.54. The molecule has 0 spiro atoms. The molecular formula is C28H30Cl2N2NiS2. The van der Waals surface area contributed by atoms with Crippen LogP contribution < -0.4 is 9.34 Å². The van der Waals surface area contributed by atoms with E-state index in [2.05, 4.69) is 114 Å². The summed E-state index contributed by atoms with van der Waals surface area (Å²) >= 11 is 3.99. The van der Waals surface area contributed by atoms with E-state index >= 15 is 0 Å². The van der Waals surface area contributed by atoms with Gasteiger partial charge in [0.05, 0.1) is 11.4 Å². The Morgan fingerprint density at radius 1 is 0.571 bits per heavy atom. The summed E-state index contributed by atoms with van der Waals surface area (Å²) in [5.74, 6) is 0. The van der Waals surface area contributed by atoms with Gasteiger partial charge < -0.3 is 0 Å². The first-order valence-electron chi connectivity index (χ1n) is 11.2. The maximum atomic E-state index is 5.18. The molecule has 0 aliphatic rings. The van der Waals surface area contributed by atoms with Gasteiger partial charge in [0.15, 0.2) is 9.34 Å².